The first kappa shape index (κ1) is 12.0. The molecule has 17 heavy (non-hydrogen) atoms. The third-order valence-electron chi connectivity index (χ3n) is 2.45. The zero-order chi connectivity index (χ0) is 12.4. The van der Waals surface area contributed by atoms with Crippen LogP contribution in [0.5, 0.6) is 0 Å². The van der Waals surface area contributed by atoms with Crippen LogP contribution in [0.3, 0.4) is 0 Å². The molecule has 0 amide bonds. The molecule has 0 unspecified atom stereocenters. The maximum absolute atomic E-state index is 6.00. The second-order valence-electron chi connectivity index (χ2n) is 4.31. The van der Waals surface area contributed by atoms with E-state index >= 15 is 0 Å². The van der Waals surface area contributed by atoms with Gasteiger partial charge in [0.05, 0.1) is 0 Å². The predicted octanol–water partition coefficient (Wildman–Crippen LogP) is 3.62. The van der Waals surface area contributed by atoms with E-state index in [1.807, 2.05) is 19.1 Å². The molecule has 0 bridgehead atoms. The average molecular weight is 248 g/mol. The van der Waals surface area contributed by atoms with Gasteiger partial charge >= 0.3 is 0 Å². The summed E-state index contributed by atoms with van der Waals surface area (Å²) < 4.78 is 0. The molecule has 4 heteroatoms. The highest BCUT2D eigenvalue weighted by Gasteiger charge is 2.09. The van der Waals surface area contributed by atoms with Crippen molar-refractivity contribution < 1.29 is 0 Å². The van der Waals surface area contributed by atoms with Gasteiger partial charge in [-0.3, -0.25) is 4.98 Å². The van der Waals surface area contributed by atoms with Crippen molar-refractivity contribution in [3.05, 3.63) is 40.8 Å². The van der Waals surface area contributed by atoms with Crippen LogP contribution in [0.15, 0.2) is 24.4 Å². The Balaban J connectivity index is 2.52. The first-order valence-electron chi connectivity index (χ1n) is 5.54. The fraction of sp³-hybridized carbons (Fsp3) is 0.308. The summed E-state index contributed by atoms with van der Waals surface area (Å²) in [5.41, 5.74) is 2.82. The zero-order valence-corrected chi connectivity index (χ0v) is 10.9. The first-order valence-corrected chi connectivity index (χ1v) is 5.91. The summed E-state index contributed by atoms with van der Waals surface area (Å²) in [6.45, 7) is 6.16. The van der Waals surface area contributed by atoms with Crippen molar-refractivity contribution in [2.75, 3.05) is 0 Å². The number of aryl methyl sites for hydroxylation is 1. The molecule has 0 aliphatic rings. The lowest BCUT2D eigenvalue weighted by atomic mass is 10.1. The summed E-state index contributed by atoms with van der Waals surface area (Å²) in [6.07, 6.45) is 1.75. The van der Waals surface area contributed by atoms with E-state index in [0.717, 1.165) is 17.0 Å². The lowest BCUT2D eigenvalue weighted by molar-refractivity contribution is 0.816. The molecule has 2 aromatic heterocycles. The van der Waals surface area contributed by atoms with Crippen molar-refractivity contribution in [1.82, 2.24) is 15.0 Å². The number of halogens is 1. The van der Waals surface area contributed by atoms with Crippen LogP contribution in [-0.2, 0) is 0 Å². The maximum atomic E-state index is 6.00. The molecule has 0 N–H and O–H groups in total. The molecular weight excluding hydrogens is 234 g/mol. The number of hydrogen-bond donors (Lipinski definition) is 0. The molecular formula is C13H14ClN3. The first-order chi connectivity index (χ1) is 8.06. The monoisotopic (exact) mass is 247 g/mol. The van der Waals surface area contributed by atoms with E-state index in [1.165, 1.54) is 0 Å². The van der Waals surface area contributed by atoms with Crippen molar-refractivity contribution in [1.29, 1.82) is 0 Å². The molecule has 0 spiro atoms. The second-order valence-corrected chi connectivity index (χ2v) is 4.70. The minimum Gasteiger partial charge on any atom is -0.253 e. The van der Waals surface area contributed by atoms with Crippen molar-refractivity contribution in [3.8, 4) is 11.5 Å². The summed E-state index contributed by atoms with van der Waals surface area (Å²) in [4.78, 5) is 13.0. The van der Waals surface area contributed by atoms with Gasteiger partial charge < -0.3 is 0 Å². The van der Waals surface area contributed by atoms with Gasteiger partial charge in [-0.15, -0.1) is 0 Å². The van der Waals surface area contributed by atoms with Gasteiger partial charge in [0.2, 0.25) is 0 Å². The smallest absolute Gasteiger partial charge is 0.179 e. The quantitative estimate of drug-likeness (QED) is 0.761. The van der Waals surface area contributed by atoms with Crippen LogP contribution in [0.4, 0.5) is 0 Å². The van der Waals surface area contributed by atoms with Gasteiger partial charge in [-0.1, -0.05) is 25.4 Å². The fourth-order valence-corrected chi connectivity index (χ4v) is 1.70. The van der Waals surface area contributed by atoms with Crippen LogP contribution < -0.4 is 0 Å². The van der Waals surface area contributed by atoms with Gasteiger partial charge in [-0.05, 0) is 36.6 Å². The van der Waals surface area contributed by atoms with Crippen LogP contribution >= 0.6 is 11.6 Å². The Morgan fingerprint density at radius 2 is 1.94 bits per heavy atom. The van der Waals surface area contributed by atoms with Crippen molar-refractivity contribution in [3.63, 3.8) is 0 Å². The van der Waals surface area contributed by atoms with Crippen LogP contribution in [0, 0.1) is 6.92 Å². The van der Waals surface area contributed by atoms with E-state index in [0.29, 0.717) is 16.9 Å². The summed E-state index contributed by atoms with van der Waals surface area (Å²) in [6, 6.07) is 5.69. The number of pyridine rings is 1. The Kier molecular flexibility index (Phi) is 3.38. The molecule has 2 aromatic rings. The molecule has 0 aromatic carbocycles. The minimum absolute atomic E-state index is 0.319. The molecule has 0 aliphatic carbocycles. The summed E-state index contributed by atoms with van der Waals surface area (Å²) in [5.74, 6) is 0.906. The third kappa shape index (κ3) is 2.80. The average Bonchev–Trinajstić information content (AvgIpc) is 2.28. The fourth-order valence-electron chi connectivity index (χ4n) is 1.50. The number of hydrogen-bond acceptors (Lipinski definition) is 3. The van der Waals surface area contributed by atoms with Gasteiger partial charge in [0.15, 0.2) is 5.82 Å². The molecule has 0 saturated heterocycles. The van der Waals surface area contributed by atoms with Gasteiger partial charge in [0, 0.05) is 11.9 Å². The van der Waals surface area contributed by atoms with Crippen molar-refractivity contribution in [2.24, 2.45) is 0 Å². The van der Waals surface area contributed by atoms with E-state index in [1.54, 1.807) is 12.3 Å². The zero-order valence-electron chi connectivity index (χ0n) is 10.1. The highest BCUT2D eigenvalue weighted by molar-refractivity contribution is 6.29. The Labute approximate surface area is 106 Å². The molecule has 3 nitrogen and oxygen atoms in total. The SMILES string of the molecule is Cc1ccnc(-c2nc(Cl)cc(C(C)C)n2)c1. The topological polar surface area (TPSA) is 38.7 Å². The lowest BCUT2D eigenvalue weighted by Gasteiger charge is -2.07. The van der Waals surface area contributed by atoms with Gasteiger partial charge in [0.25, 0.3) is 0 Å². The summed E-state index contributed by atoms with van der Waals surface area (Å²) in [5, 5.41) is 0.460. The normalized spacial score (nSPS) is 10.9. The Hall–Kier alpha value is -1.48. The third-order valence-corrected chi connectivity index (χ3v) is 2.64. The van der Waals surface area contributed by atoms with E-state index in [-0.39, 0.29) is 0 Å². The van der Waals surface area contributed by atoms with E-state index in [4.69, 9.17) is 11.6 Å². The van der Waals surface area contributed by atoms with Gasteiger partial charge in [-0.2, -0.15) is 0 Å². The largest absolute Gasteiger partial charge is 0.253 e. The highest BCUT2D eigenvalue weighted by atomic mass is 35.5. The van der Waals surface area contributed by atoms with Crippen molar-refractivity contribution in [2.45, 2.75) is 26.7 Å². The number of aromatic nitrogens is 3. The molecule has 0 atom stereocenters. The Morgan fingerprint density at radius 3 is 2.59 bits per heavy atom. The van der Waals surface area contributed by atoms with E-state index < -0.39 is 0 Å². The van der Waals surface area contributed by atoms with Crippen LogP contribution in [0.25, 0.3) is 11.5 Å². The lowest BCUT2D eigenvalue weighted by Crippen LogP contribution is -1.99. The highest BCUT2D eigenvalue weighted by Crippen LogP contribution is 2.20. The van der Waals surface area contributed by atoms with Crippen molar-refractivity contribution >= 4 is 11.6 Å². The van der Waals surface area contributed by atoms with Gasteiger partial charge in [-0.25, -0.2) is 9.97 Å². The second kappa shape index (κ2) is 4.80. The van der Waals surface area contributed by atoms with Crippen LogP contribution in [0.2, 0.25) is 5.15 Å². The molecule has 0 fully saturated rings. The number of nitrogens with zero attached hydrogens (tertiary/aromatic N) is 3. The molecule has 0 radical (unpaired) electrons. The Bertz CT molecular complexity index is 538. The molecule has 2 rings (SSSR count). The van der Waals surface area contributed by atoms with E-state index in [9.17, 15) is 0 Å². The van der Waals surface area contributed by atoms with Crippen LogP contribution in [0.1, 0.15) is 31.0 Å². The molecule has 2 heterocycles. The van der Waals surface area contributed by atoms with Gasteiger partial charge in [0.1, 0.15) is 10.8 Å². The Morgan fingerprint density at radius 1 is 1.18 bits per heavy atom. The summed E-state index contributed by atoms with van der Waals surface area (Å²) >= 11 is 6.00. The molecule has 0 saturated carbocycles. The number of rotatable bonds is 2. The van der Waals surface area contributed by atoms with Crippen LogP contribution in [-0.4, -0.2) is 15.0 Å². The minimum atomic E-state index is 0.319. The summed E-state index contributed by atoms with van der Waals surface area (Å²) in [7, 11) is 0. The van der Waals surface area contributed by atoms with E-state index in [2.05, 4.69) is 28.8 Å². The molecule has 0 aliphatic heterocycles. The standard InChI is InChI=1S/C13H14ClN3/c1-8(2)10-7-12(14)17-13(16-10)11-6-9(3)4-5-15-11/h4-8H,1-3H3. The predicted molar refractivity (Wildman–Crippen MR) is 69.1 cm³/mol. The maximum Gasteiger partial charge on any atom is 0.179 e. The molecule has 88 valence electrons.